The fourth-order valence-corrected chi connectivity index (χ4v) is 3.39. The van der Waals surface area contributed by atoms with Gasteiger partial charge in [-0.2, -0.15) is 0 Å². The second kappa shape index (κ2) is 10.5. The van der Waals surface area contributed by atoms with E-state index in [9.17, 15) is 4.79 Å². The van der Waals surface area contributed by atoms with Crippen molar-refractivity contribution in [2.75, 3.05) is 24.0 Å². The van der Waals surface area contributed by atoms with Crippen molar-refractivity contribution >= 4 is 23.4 Å². The van der Waals surface area contributed by atoms with Crippen LogP contribution in [0.5, 0.6) is 11.5 Å². The molecule has 0 bridgehead atoms. The highest BCUT2D eigenvalue weighted by Gasteiger charge is 2.13. The Labute approximate surface area is 179 Å². The van der Waals surface area contributed by atoms with Crippen molar-refractivity contribution in [1.29, 1.82) is 0 Å². The molecule has 158 valence electrons. The number of nitrogens with one attached hydrogen (secondary N) is 1. The molecule has 3 rings (SSSR count). The van der Waals surface area contributed by atoms with Gasteiger partial charge in [0.15, 0.2) is 5.82 Å². The smallest absolute Gasteiger partial charge is 0.234 e. The first-order valence-electron chi connectivity index (χ1n) is 9.57. The number of nitrogens with zero attached hydrogens (tertiary/aromatic N) is 3. The Hall–Kier alpha value is -3.20. The van der Waals surface area contributed by atoms with E-state index in [4.69, 9.17) is 15.3 Å². The normalized spacial score (nSPS) is 10.6. The summed E-state index contributed by atoms with van der Waals surface area (Å²) in [5.74, 6) is 7.86. The number of hydrogen-bond donors (Lipinski definition) is 2. The van der Waals surface area contributed by atoms with E-state index in [-0.39, 0.29) is 18.3 Å². The number of amides is 1. The summed E-state index contributed by atoms with van der Waals surface area (Å²) in [4.78, 5) is 12.2. The predicted molar refractivity (Wildman–Crippen MR) is 117 cm³/mol. The van der Waals surface area contributed by atoms with Crippen LogP contribution >= 0.6 is 11.8 Å². The molecule has 0 radical (unpaired) electrons. The average Bonchev–Trinajstić information content (AvgIpc) is 3.12. The number of thioether (sulfide) groups is 1. The summed E-state index contributed by atoms with van der Waals surface area (Å²) in [5.41, 5.74) is 2.02. The van der Waals surface area contributed by atoms with Crippen molar-refractivity contribution in [2.45, 2.75) is 31.5 Å². The fourth-order valence-electron chi connectivity index (χ4n) is 2.71. The van der Waals surface area contributed by atoms with Crippen LogP contribution in [-0.2, 0) is 17.8 Å². The Morgan fingerprint density at radius 2 is 1.93 bits per heavy atom. The highest BCUT2D eigenvalue weighted by molar-refractivity contribution is 7.99. The Morgan fingerprint density at radius 1 is 1.17 bits per heavy atom. The van der Waals surface area contributed by atoms with Gasteiger partial charge in [-0.1, -0.05) is 43.3 Å². The molecular weight excluding hydrogens is 402 g/mol. The van der Waals surface area contributed by atoms with E-state index < -0.39 is 0 Å². The number of nitrogens with two attached hydrogens (primary N) is 1. The molecule has 0 aliphatic rings. The van der Waals surface area contributed by atoms with Crippen LogP contribution in [0.1, 0.15) is 24.7 Å². The standard InChI is InChI=1S/C21H25N5O3S/c1-3-5-15-8-10-16(11-9-15)23-20(27)14-30-21-25-24-19(26(21)22)13-29-18-7-4-6-17(12-18)28-2/h4,6-12H,3,5,13-14,22H2,1-2H3,(H,23,27). The van der Waals surface area contributed by atoms with Crippen LogP contribution in [0.2, 0.25) is 0 Å². The molecule has 8 nitrogen and oxygen atoms in total. The van der Waals surface area contributed by atoms with E-state index in [1.54, 1.807) is 13.2 Å². The summed E-state index contributed by atoms with van der Waals surface area (Å²) in [6, 6.07) is 15.1. The van der Waals surface area contributed by atoms with Gasteiger partial charge < -0.3 is 20.6 Å². The number of anilines is 1. The molecular formula is C21H25N5O3S. The molecule has 0 aliphatic heterocycles. The summed E-state index contributed by atoms with van der Waals surface area (Å²) in [5, 5.41) is 11.4. The maximum atomic E-state index is 12.2. The lowest BCUT2D eigenvalue weighted by Crippen LogP contribution is -2.18. The zero-order valence-corrected chi connectivity index (χ0v) is 17.8. The van der Waals surface area contributed by atoms with Crippen LogP contribution in [0, 0.1) is 0 Å². The zero-order chi connectivity index (χ0) is 21.3. The van der Waals surface area contributed by atoms with Crippen LogP contribution in [0.15, 0.2) is 53.7 Å². The first kappa shape index (κ1) is 21.5. The molecule has 0 saturated carbocycles. The molecule has 3 N–H and O–H groups in total. The Bertz CT molecular complexity index is 975. The number of carbonyl (C=O) groups excluding carboxylic acids is 1. The molecule has 0 saturated heterocycles. The maximum absolute atomic E-state index is 12.2. The van der Waals surface area contributed by atoms with Crippen molar-refractivity contribution in [3.63, 3.8) is 0 Å². The number of methoxy groups -OCH3 is 1. The lowest BCUT2D eigenvalue weighted by molar-refractivity contribution is -0.113. The molecule has 0 atom stereocenters. The van der Waals surface area contributed by atoms with Gasteiger partial charge in [0.05, 0.1) is 12.9 Å². The lowest BCUT2D eigenvalue weighted by Gasteiger charge is -2.08. The molecule has 1 amide bonds. The third kappa shape index (κ3) is 5.90. The molecule has 0 fully saturated rings. The predicted octanol–water partition coefficient (Wildman–Crippen LogP) is 3.26. The second-order valence-corrected chi connectivity index (χ2v) is 7.46. The molecule has 30 heavy (non-hydrogen) atoms. The molecule has 1 heterocycles. The molecule has 0 unspecified atom stereocenters. The van der Waals surface area contributed by atoms with Crippen LogP contribution < -0.4 is 20.6 Å². The van der Waals surface area contributed by atoms with E-state index in [1.165, 1.54) is 22.0 Å². The topological polar surface area (TPSA) is 104 Å². The highest BCUT2D eigenvalue weighted by atomic mass is 32.2. The third-order valence-electron chi connectivity index (χ3n) is 4.25. The van der Waals surface area contributed by atoms with Crippen LogP contribution in [-0.4, -0.2) is 33.6 Å². The minimum Gasteiger partial charge on any atom is -0.497 e. The number of ether oxygens (including phenoxy) is 2. The minimum absolute atomic E-state index is 0.138. The quantitative estimate of drug-likeness (QED) is 0.378. The SMILES string of the molecule is CCCc1ccc(NC(=O)CSc2nnc(COc3cccc(OC)c3)n2N)cc1. The van der Waals surface area contributed by atoms with Crippen molar-refractivity contribution in [2.24, 2.45) is 0 Å². The van der Waals surface area contributed by atoms with Crippen molar-refractivity contribution in [1.82, 2.24) is 14.9 Å². The fraction of sp³-hybridized carbons (Fsp3) is 0.286. The average molecular weight is 428 g/mol. The number of carbonyl (C=O) groups is 1. The summed E-state index contributed by atoms with van der Waals surface area (Å²) in [7, 11) is 1.59. The molecule has 0 spiro atoms. The summed E-state index contributed by atoms with van der Waals surface area (Å²) in [6.07, 6.45) is 2.12. The minimum atomic E-state index is -0.138. The van der Waals surface area contributed by atoms with Gasteiger partial charge in [0.25, 0.3) is 0 Å². The molecule has 0 aliphatic carbocycles. The second-order valence-electron chi connectivity index (χ2n) is 6.52. The van der Waals surface area contributed by atoms with E-state index >= 15 is 0 Å². The molecule has 9 heteroatoms. The Balaban J connectivity index is 1.50. The molecule has 2 aromatic carbocycles. The number of benzene rings is 2. The van der Waals surface area contributed by atoms with Crippen LogP contribution in [0.25, 0.3) is 0 Å². The lowest BCUT2D eigenvalue weighted by atomic mass is 10.1. The first-order chi connectivity index (χ1) is 14.6. The van der Waals surface area contributed by atoms with Gasteiger partial charge in [0.1, 0.15) is 18.1 Å². The molecule has 3 aromatic rings. The van der Waals surface area contributed by atoms with Gasteiger partial charge in [0, 0.05) is 11.8 Å². The van der Waals surface area contributed by atoms with Gasteiger partial charge in [0.2, 0.25) is 11.1 Å². The number of rotatable bonds is 10. The summed E-state index contributed by atoms with van der Waals surface area (Å²) < 4.78 is 12.2. The van der Waals surface area contributed by atoms with Gasteiger partial charge in [-0.05, 0) is 36.2 Å². The largest absolute Gasteiger partial charge is 0.497 e. The van der Waals surface area contributed by atoms with E-state index in [0.29, 0.717) is 22.5 Å². The summed E-state index contributed by atoms with van der Waals surface area (Å²) in [6.45, 7) is 2.28. The maximum Gasteiger partial charge on any atom is 0.234 e. The van der Waals surface area contributed by atoms with E-state index in [0.717, 1.165) is 18.5 Å². The van der Waals surface area contributed by atoms with E-state index in [2.05, 4.69) is 22.4 Å². The van der Waals surface area contributed by atoms with Gasteiger partial charge >= 0.3 is 0 Å². The van der Waals surface area contributed by atoms with Crippen molar-refractivity contribution in [3.8, 4) is 11.5 Å². The van der Waals surface area contributed by atoms with Crippen molar-refractivity contribution < 1.29 is 14.3 Å². The van der Waals surface area contributed by atoms with Crippen molar-refractivity contribution in [3.05, 3.63) is 59.9 Å². The number of aromatic nitrogens is 3. The van der Waals surface area contributed by atoms with Crippen LogP contribution in [0.4, 0.5) is 5.69 Å². The first-order valence-corrected chi connectivity index (χ1v) is 10.6. The van der Waals surface area contributed by atoms with Crippen LogP contribution in [0.3, 0.4) is 0 Å². The highest BCUT2D eigenvalue weighted by Crippen LogP contribution is 2.21. The van der Waals surface area contributed by atoms with Gasteiger partial charge in [-0.15, -0.1) is 10.2 Å². The monoisotopic (exact) mass is 427 g/mol. The Morgan fingerprint density at radius 3 is 2.67 bits per heavy atom. The number of aryl methyl sites for hydroxylation is 1. The number of hydrogen-bond acceptors (Lipinski definition) is 7. The Kier molecular flexibility index (Phi) is 7.56. The third-order valence-corrected chi connectivity index (χ3v) is 5.20. The summed E-state index contributed by atoms with van der Waals surface area (Å²) >= 11 is 1.21. The van der Waals surface area contributed by atoms with Gasteiger partial charge in [-0.25, -0.2) is 4.68 Å². The zero-order valence-electron chi connectivity index (χ0n) is 17.0. The van der Waals surface area contributed by atoms with E-state index in [1.807, 2.05) is 42.5 Å². The molecule has 1 aromatic heterocycles. The number of nitrogen functional groups attached to an aromatic ring is 1. The van der Waals surface area contributed by atoms with Gasteiger partial charge in [-0.3, -0.25) is 4.79 Å².